The maximum absolute atomic E-state index is 12.4. The zero-order chi connectivity index (χ0) is 36.8. The number of methoxy groups -OCH3 is 2. The number of hydrogen-bond donors (Lipinski definition) is 2. The van der Waals surface area contributed by atoms with Gasteiger partial charge in [-0.3, -0.25) is 19.3 Å². The van der Waals surface area contributed by atoms with Gasteiger partial charge in [-0.25, -0.2) is 4.98 Å². The van der Waals surface area contributed by atoms with Gasteiger partial charge in [-0.05, 0) is 56.3 Å². The highest BCUT2D eigenvalue weighted by Crippen LogP contribution is 2.39. The van der Waals surface area contributed by atoms with Gasteiger partial charge in [0.05, 0.1) is 53.7 Å². The second-order valence-electron chi connectivity index (χ2n) is 11.8. The summed E-state index contributed by atoms with van der Waals surface area (Å²) in [5.41, 5.74) is 4.51. The number of phenols is 2. The van der Waals surface area contributed by atoms with Gasteiger partial charge in [0.25, 0.3) is 0 Å². The maximum Gasteiger partial charge on any atom is 0.226 e. The quantitative estimate of drug-likeness (QED) is 0.113. The van der Waals surface area contributed by atoms with Crippen molar-refractivity contribution in [2.24, 2.45) is 0 Å². The molecule has 13 heteroatoms. The van der Waals surface area contributed by atoms with E-state index in [1.165, 1.54) is 32.4 Å². The summed E-state index contributed by atoms with van der Waals surface area (Å²) in [4.78, 5) is 37.9. The van der Waals surface area contributed by atoms with Crippen molar-refractivity contribution < 1.29 is 38.7 Å². The molecule has 0 atom stereocenters. The van der Waals surface area contributed by atoms with E-state index < -0.39 is 0 Å². The van der Waals surface area contributed by atoms with Gasteiger partial charge in [0.2, 0.25) is 11.8 Å². The van der Waals surface area contributed by atoms with Crippen LogP contribution in [0.3, 0.4) is 0 Å². The van der Waals surface area contributed by atoms with E-state index in [1.54, 1.807) is 54.9 Å². The molecule has 2 aromatic carbocycles. The number of aromatic nitrogens is 5. The summed E-state index contributed by atoms with van der Waals surface area (Å²) in [6.45, 7) is 4.07. The molecule has 0 bridgehead atoms. The van der Waals surface area contributed by atoms with Crippen molar-refractivity contribution in [3.8, 4) is 68.7 Å². The molecular formula is C39H35N5O8. The number of phenolic OH excluding ortho intramolecular Hbond substituents is 2. The standard InChI is InChI=1S/C39H35N5O8/c1-23(2)44-31(14-16-41-44)38-24(7-6-15-40-38)21-52-35-18-33(48)28(17-26(35)19-45)30-12-10-25(22-51-34-9-5-8-32(47)29(34)20-46)37(42-30)27-11-13-36(49-3)43-39(27)50-4/h5-20,23,47-48H,21-22H2,1-4H3. The number of ether oxygens (including phenoxy) is 4. The van der Waals surface area contributed by atoms with Crippen LogP contribution in [0.2, 0.25) is 0 Å². The van der Waals surface area contributed by atoms with Gasteiger partial charge in [0.1, 0.15) is 36.2 Å². The van der Waals surface area contributed by atoms with Crippen molar-refractivity contribution in [2.75, 3.05) is 14.2 Å². The average Bonchev–Trinajstić information content (AvgIpc) is 3.67. The first-order valence-corrected chi connectivity index (χ1v) is 16.2. The number of aromatic hydroxyl groups is 2. The van der Waals surface area contributed by atoms with Crippen LogP contribution in [0.5, 0.6) is 34.8 Å². The van der Waals surface area contributed by atoms with E-state index in [4.69, 9.17) is 23.9 Å². The molecular weight excluding hydrogens is 666 g/mol. The minimum Gasteiger partial charge on any atom is -0.507 e. The molecule has 0 saturated heterocycles. The normalized spacial score (nSPS) is 10.9. The van der Waals surface area contributed by atoms with E-state index in [1.807, 2.05) is 30.7 Å². The predicted octanol–water partition coefficient (Wildman–Crippen LogP) is 6.86. The van der Waals surface area contributed by atoms with Crippen LogP contribution in [-0.4, -0.2) is 61.7 Å². The molecule has 2 N–H and O–H groups in total. The Morgan fingerprint density at radius 3 is 2.27 bits per heavy atom. The van der Waals surface area contributed by atoms with Crippen LogP contribution in [0.25, 0.3) is 33.9 Å². The summed E-state index contributed by atoms with van der Waals surface area (Å²) in [7, 11) is 2.95. The minimum atomic E-state index is -0.212. The van der Waals surface area contributed by atoms with Crippen LogP contribution in [0, 0.1) is 0 Å². The number of pyridine rings is 3. The van der Waals surface area contributed by atoms with E-state index in [2.05, 4.69) is 15.1 Å². The van der Waals surface area contributed by atoms with Gasteiger partial charge in [0.15, 0.2) is 12.6 Å². The number of carbonyl (C=O) groups is 2. The number of carbonyl (C=O) groups excluding carboxylic acids is 2. The third-order valence-corrected chi connectivity index (χ3v) is 8.22. The average molecular weight is 702 g/mol. The first-order chi connectivity index (χ1) is 25.3. The lowest BCUT2D eigenvalue weighted by Crippen LogP contribution is -2.08. The van der Waals surface area contributed by atoms with Gasteiger partial charge >= 0.3 is 0 Å². The summed E-state index contributed by atoms with van der Waals surface area (Å²) in [6, 6.07) is 19.9. The molecule has 13 nitrogen and oxygen atoms in total. The number of benzene rings is 2. The van der Waals surface area contributed by atoms with E-state index in [9.17, 15) is 19.8 Å². The Morgan fingerprint density at radius 1 is 0.750 bits per heavy atom. The zero-order valence-electron chi connectivity index (χ0n) is 28.8. The Labute approximate surface area is 299 Å². The summed E-state index contributed by atoms with van der Waals surface area (Å²) in [5, 5.41) is 25.9. The Balaban J connectivity index is 1.36. The summed E-state index contributed by atoms with van der Waals surface area (Å²) < 4.78 is 24.8. The fourth-order valence-corrected chi connectivity index (χ4v) is 5.66. The summed E-state index contributed by atoms with van der Waals surface area (Å²) >= 11 is 0. The lowest BCUT2D eigenvalue weighted by atomic mass is 10.0. The van der Waals surface area contributed by atoms with Crippen LogP contribution in [-0.2, 0) is 13.2 Å². The van der Waals surface area contributed by atoms with Crippen LogP contribution in [0.15, 0.2) is 85.2 Å². The number of nitrogens with zero attached hydrogens (tertiary/aromatic N) is 5. The Kier molecular flexibility index (Phi) is 10.4. The highest BCUT2D eigenvalue weighted by atomic mass is 16.5. The lowest BCUT2D eigenvalue weighted by molar-refractivity contribution is 0.111. The first-order valence-electron chi connectivity index (χ1n) is 16.2. The Bertz CT molecular complexity index is 2250. The van der Waals surface area contributed by atoms with Gasteiger partial charge in [-0.15, -0.1) is 0 Å². The smallest absolute Gasteiger partial charge is 0.226 e. The molecule has 0 saturated carbocycles. The molecule has 0 spiro atoms. The van der Waals surface area contributed by atoms with Crippen LogP contribution < -0.4 is 18.9 Å². The lowest BCUT2D eigenvalue weighted by Gasteiger charge is -2.17. The molecule has 0 radical (unpaired) electrons. The SMILES string of the molecule is COc1ccc(-c2nc(-c3cc(C=O)c(OCc4cccnc4-c4ccnn4C(C)C)cc3O)ccc2COc2cccc(O)c2C=O)c(OC)n1. The molecule has 6 rings (SSSR count). The Hall–Kier alpha value is -6.76. The van der Waals surface area contributed by atoms with Crippen molar-refractivity contribution in [1.82, 2.24) is 24.7 Å². The van der Waals surface area contributed by atoms with Gasteiger partial charge < -0.3 is 29.2 Å². The van der Waals surface area contributed by atoms with E-state index in [0.717, 1.165) is 11.3 Å². The zero-order valence-corrected chi connectivity index (χ0v) is 28.8. The topological polar surface area (TPSA) is 168 Å². The molecule has 4 heterocycles. The number of hydrogen-bond acceptors (Lipinski definition) is 12. The second-order valence-corrected chi connectivity index (χ2v) is 11.8. The molecule has 0 aliphatic heterocycles. The molecule has 4 aromatic heterocycles. The van der Waals surface area contributed by atoms with Crippen LogP contribution in [0.1, 0.15) is 51.7 Å². The largest absolute Gasteiger partial charge is 0.507 e. The Morgan fingerprint density at radius 2 is 1.54 bits per heavy atom. The number of rotatable bonds is 14. The van der Waals surface area contributed by atoms with E-state index in [-0.39, 0.29) is 64.8 Å². The van der Waals surface area contributed by atoms with E-state index in [0.29, 0.717) is 46.7 Å². The molecule has 52 heavy (non-hydrogen) atoms. The van der Waals surface area contributed by atoms with Gasteiger partial charge in [0, 0.05) is 47.3 Å². The highest BCUT2D eigenvalue weighted by molar-refractivity contribution is 5.86. The van der Waals surface area contributed by atoms with Crippen LogP contribution in [0.4, 0.5) is 0 Å². The molecule has 0 amide bonds. The second kappa shape index (κ2) is 15.4. The van der Waals surface area contributed by atoms with Crippen molar-refractivity contribution >= 4 is 12.6 Å². The maximum atomic E-state index is 12.4. The third-order valence-electron chi connectivity index (χ3n) is 8.22. The fraction of sp³-hybridized carbons (Fsp3) is 0.179. The van der Waals surface area contributed by atoms with E-state index >= 15 is 0 Å². The monoisotopic (exact) mass is 701 g/mol. The molecule has 6 aromatic rings. The third kappa shape index (κ3) is 7.10. The molecule has 0 aliphatic rings. The van der Waals surface area contributed by atoms with Crippen molar-refractivity contribution in [3.05, 3.63) is 107 Å². The minimum absolute atomic E-state index is 0.00729. The number of aldehydes is 2. The first kappa shape index (κ1) is 35.1. The van der Waals surface area contributed by atoms with Crippen LogP contribution >= 0.6 is 0 Å². The van der Waals surface area contributed by atoms with Gasteiger partial charge in [-0.2, -0.15) is 10.1 Å². The molecule has 264 valence electrons. The van der Waals surface area contributed by atoms with Crippen molar-refractivity contribution in [1.29, 1.82) is 0 Å². The van der Waals surface area contributed by atoms with Crippen molar-refractivity contribution in [2.45, 2.75) is 33.1 Å². The van der Waals surface area contributed by atoms with Gasteiger partial charge in [-0.1, -0.05) is 18.2 Å². The molecule has 0 unspecified atom stereocenters. The summed E-state index contributed by atoms with van der Waals surface area (Å²) in [5.74, 6) is 0.490. The molecule has 0 aliphatic carbocycles. The fourth-order valence-electron chi connectivity index (χ4n) is 5.66. The summed E-state index contributed by atoms with van der Waals surface area (Å²) in [6.07, 6.45) is 4.58. The van der Waals surface area contributed by atoms with Crippen molar-refractivity contribution in [3.63, 3.8) is 0 Å². The predicted molar refractivity (Wildman–Crippen MR) is 191 cm³/mol. The highest BCUT2D eigenvalue weighted by Gasteiger charge is 2.21. The molecule has 0 fully saturated rings.